The van der Waals surface area contributed by atoms with Gasteiger partial charge >= 0.3 is 0 Å². The van der Waals surface area contributed by atoms with Crippen molar-refractivity contribution in [3.63, 3.8) is 0 Å². The molecule has 2 rings (SSSR count). The average molecular weight is 189 g/mol. The van der Waals surface area contributed by atoms with Gasteiger partial charge in [-0.1, -0.05) is 0 Å². The largest absolute Gasteiger partial charge is 0.382 e. The fourth-order valence-corrected chi connectivity index (χ4v) is 1.11. The van der Waals surface area contributed by atoms with Crippen molar-refractivity contribution < 1.29 is 0 Å². The van der Waals surface area contributed by atoms with E-state index in [9.17, 15) is 0 Å². The van der Waals surface area contributed by atoms with Crippen LogP contribution in [0.3, 0.4) is 0 Å². The van der Waals surface area contributed by atoms with Crippen molar-refractivity contribution in [2.45, 2.75) is 13.5 Å². The fraction of sp³-hybridized carbons (Fsp3) is 0.222. The van der Waals surface area contributed by atoms with E-state index in [4.69, 9.17) is 5.73 Å². The number of aryl methyl sites for hydroxylation is 1. The van der Waals surface area contributed by atoms with Gasteiger partial charge < -0.3 is 5.73 Å². The summed E-state index contributed by atoms with van der Waals surface area (Å²) >= 11 is 0. The lowest BCUT2D eigenvalue weighted by Crippen LogP contribution is -2.05. The van der Waals surface area contributed by atoms with Gasteiger partial charge in [-0.2, -0.15) is 5.10 Å². The molecule has 0 amide bonds. The van der Waals surface area contributed by atoms with E-state index in [1.54, 1.807) is 29.3 Å². The van der Waals surface area contributed by atoms with Crippen molar-refractivity contribution in [1.29, 1.82) is 0 Å². The Balaban J connectivity index is 2.15. The Morgan fingerprint density at radius 3 is 2.64 bits per heavy atom. The van der Waals surface area contributed by atoms with Crippen molar-refractivity contribution in [2.24, 2.45) is 0 Å². The van der Waals surface area contributed by atoms with E-state index >= 15 is 0 Å². The molecule has 2 heterocycles. The molecule has 5 heteroatoms. The fourth-order valence-electron chi connectivity index (χ4n) is 1.11. The minimum atomic E-state index is 0.511. The van der Waals surface area contributed by atoms with Crippen molar-refractivity contribution >= 4 is 5.82 Å². The molecule has 0 radical (unpaired) electrons. The maximum absolute atomic E-state index is 5.48. The molecule has 0 atom stereocenters. The van der Waals surface area contributed by atoms with Crippen LogP contribution in [-0.2, 0) is 6.54 Å². The van der Waals surface area contributed by atoms with Gasteiger partial charge in [0.15, 0.2) is 0 Å². The molecular formula is C9H11N5. The van der Waals surface area contributed by atoms with E-state index in [-0.39, 0.29) is 0 Å². The number of nitrogen functional groups attached to an aromatic ring is 1. The van der Waals surface area contributed by atoms with Crippen LogP contribution in [0.2, 0.25) is 0 Å². The molecule has 0 aliphatic rings. The number of anilines is 1. The summed E-state index contributed by atoms with van der Waals surface area (Å²) in [4.78, 5) is 8.34. The molecule has 2 N–H and O–H groups in total. The topological polar surface area (TPSA) is 69.6 Å². The zero-order chi connectivity index (χ0) is 9.97. The Labute approximate surface area is 81.6 Å². The summed E-state index contributed by atoms with van der Waals surface area (Å²) in [6.45, 7) is 2.51. The van der Waals surface area contributed by atoms with E-state index in [1.165, 1.54) is 0 Å². The monoisotopic (exact) mass is 189 g/mol. The first-order chi connectivity index (χ1) is 6.74. The second-order valence-corrected chi connectivity index (χ2v) is 3.11. The molecule has 0 fully saturated rings. The van der Waals surface area contributed by atoms with Gasteiger partial charge in [0.2, 0.25) is 0 Å². The highest BCUT2D eigenvalue weighted by molar-refractivity contribution is 5.23. The number of nitrogens with zero attached hydrogens (tertiary/aromatic N) is 4. The average Bonchev–Trinajstić information content (AvgIpc) is 2.56. The van der Waals surface area contributed by atoms with Gasteiger partial charge in [0.1, 0.15) is 18.2 Å². The lowest BCUT2D eigenvalue weighted by Gasteiger charge is -1.99. The highest BCUT2D eigenvalue weighted by Crippen LogP contribution is 1.99. The third-order valence-electron chi connectivity index (χ3n) is 1.80. The summed E-state index contributed by atoms with van der Waals surface area (Å²) in [5.74, 6) is 1.25. The van der Waals surface area contributed by atoms with E-state index < -0.39 is 0 Å². The standard InChI is InChI=1S/C9H11N5/c1-7-4-11-9(12-5-7)6-14-3-2-8(10)13-14/h2-5H,6H2,1H3,(H2,10,13). The van der Waals surface area contributed by atoms with Gasteiger partial charge in [-0.3, -0.25) is 4.68 Å². The van der Waals surface area contributed by atoms with Gasteiger partial charge in [-0.25, -0.2) is 9.97 Å². The van der Waals surface area contributed by atoms with Gasteiger partial charge in [-0.15, -0.1) is 0 Å². The van der Waals surface area contributed by atoms with E-state index in [1.807, 2.05) is 6.92 Å². The van der Waals surface area contributed by atoms with Crippen LogP contribution in [0, 0.1) is 6.92 Å². The first kappa shape index (κ1) is 8.68. The van der Waals surface area contributed by atoms with Crippen molar-refractivity contribution in [2.75, 3.05) is 5.73 Å². The van der Waals surface area contributed by atoms with Crippen molar-refractivity contribution in [3.05, 3.63) is 36.0 Å². The Hall–Kier alpha value is -1.91. The van der Waals surface area contributed by atoms with Crippen molar-refractivity contribution in [1.82, 2.24) is 19.7 Å². The molecule has 0 aliphatic heterocycles. The van der Waals surface area contributed by atoms with Crippen LogP contribution in [0.5, 0.6) is 0 Å². The molecule has 0 saturated heterocycles. The number of hydrogen-bond acceptors (Lipinski definition) is 4. The van der Waals surface area contributed by atoms with Gasteiger partial charge in [-0.05, 0) is 18.6 Å². The Morgan fingerprint density at radius 2 is 2.07 bits per heavy atom. The number of aromatic nitrogens is 4. The molecule has 72 valence electrons. The summed E-state index contributed by atoms with van der Waals surface area (Å²) in [6.07, 6.45) is 5.38. The molecule has 0 aliphatic carbocycles. The maximum Gasteiger partial charge on any atom is 0.149 e. The second kappa shape index (κ2) is 3.45. The highest BCUT2D eigenvalue weighted by atomic mass is 15.3. The summed E-state index contributed by atoms with van der Waals surface area (Å²) in [5.41, 5.74) is 6.53. The molecule has 0 aromatic carbocycles. The molecule has 0 saturated carbocycles. The van der Waals surface area contributed by atoms with E-state index in [0.29, 0.717) is 12.4 Å². The number of nitrogens with two attached hydrogens (primary N) is 1. The number of rotatable bonds is 2. The third-order valence-corrected chi connectivity index (χ3v) is 1.80. The Morgan fingerprint density at radius 1 is 1.36 bits per heavy atom. The minimum absolute atomic E-state index is 0.511. The first-order valence-electron chi connectivity index (χ1n) is 4.30. The molecule has 5 nitrogen and oxygen atoms in total. The maximum atomic E-state index is 5.48. The molecule has 14 heavy (non-hydrogen) atoms. The zero-order valence-electron chi connectivity index (χ0n) is 7.88. The van der Waals surface area contributed by atoms with Crippen LogP contribution in [-0.4, -0.2) is 19.7 Å². The predicted octanol–water partition coefficient (Wildman–Crippen LogP) is 0.612. The molecular weight excluding hydrogens is 178 g/mol. The van der Waals surface area contributed by atoms with E-state index in [0.717, 1.165) is 11.4 Å². The van der Waals surface area contributed by atoms with Gasteiger partial charge in [0.25, 0.3) is 0 Å². The van der Waals surface area contributed by atoms with Crippen LogP contribution < -0.4 is 5.73 Å². The Bertz CT molecular complexity index is 417. The lowest BCUT2D eigenvalue weighted by atomic mass is 10.4. The second-order valence-electron chi connectivity index (χ2n) is 3.11. The molecule has 0 bridgehead atoms. The minimum Gasteiger partial charge on any atom is -0.382 e. The van der Waals surface area contributed by atoms with Gasteiger partial charge in [0.05, 0.1) is 0 Å². The van der Waals surface area contributed by atoms with E-state index in [2.05, 4.69) is 15.1 Å². The predicted molar refractivity (Wildman–Crippen MR) is 52.5 cm³/mol. The van der Waals surface area contributed by atoms with Crippen LogP contribution in [0.1, 0.15) is 11.4 Å². The van der Waals surface area contributed by atoms with Crippen LogP contribution in [0.25, 0.3) is 0 Å². The molecule has 2 aromatic heterocycles. The third kappa shape index (κ3) is 1.87. The van der Waals surface area contributed by atoms with Crippen LogP contribution in [0.4, 0.5) is 5.82 Å². The quantitative estimate of drug-likeness (QED) is 0.751. The smallest absolute Gasteiger partial charge is 0.149 e. The summed E-state index contributed by atoms with van der Waals surface area (Å²) in [6, 6.07) is 1.74. The van der Waals surface area contributed by atoms with Crippen molar-refractivity contribution in [3.8, 4) is 0 Å². The summed E-state index contributed by atoms with van der Waals surface area (Å²) in [7, 11) is 0. The number of hydrogen-bond donors (Lipinski definition) is 1. The van der Waals surface area contributed by atoms with Crippen LogP contribution in [0.15, 0.2) is 24.7 Å². The summed E-state index contributed by atoms with van der Waals surface area (Å²) in [5, 5.41) is 4.04. The Kier molecular flexibility index (Phi) is 2.14. The summed E-state index contributed by atoms with van der Waals surface area (Å²) < 4.78 is 1.71. The van der Waals surface area contributed by atoms with Crippen LogP contribution >= 0.6 is 0 Å². The molecule has 0 spiro atoms. The SMILES string of the molecule is Cc1cnc(Cn2ccc(N)n2)nc1. The first-order valence-corrected chi connectivity index (χ1v) is 4.30. The van der Waals surface area contributed by atoms with Gasteiger partial charge in [0, 0.05) is 18.6 Å². The molecule has 2 aromatic rings. The zero-order valence-corrected chi connectivity index (χ0v) is 7.88. The molecule has 0 unspecified atom stereocenters. The normalized spacial score (nSPS) is 10.4. The highest BCUT2D eigenvalue weighted by Gasteiger charge is 1.98. The lowest BCUT2D eigenvalue weighted by molar-refractivity contribution is 0.657.